The first-order chi connectivity index (χ1) is 15.3. The van der Waals surface area contributed by atoms with Crippen molar-refractivity contribution in [3.63, 3.8) is 0 Å². The summed E-state index contributed by atoms with van der Waals surface area (Å²) in [5.74, 6) is -1.59. The summed E-state index contributed by atoms with van der Waals surface area (Å²) in [6.45, 7) is 0.730. The first-order valence-corrected chi connectivity index (χ1v) is 14.1. The van der Waals surface area contributed by atoms with Crippen LogP contribution in [-0.4, -0.2) is 69.7 Å². The Kier molecular flexibility index (Phi) is 11.2. The lowest BCUT2D eigenvalue weighted by molar-refractivity contribution is -0.151. The molecule has 0 radical (unpaired) electrons. The second-order valence-corrected chi connectivity index (χ2v) is 11.2. The van der Waals surface area contributed by atoms with Crippen LogP contribution in [0.5, 0.6) is 0 Å². The molecule has 1 aliphatic rings. The Morgan fingerprint density at radius 3 is 2.59 bits per heavy atom. The molecular weight excluding hydrogens is 451 g/mol. The molecule has 0 bridgehead atoms. The normalized spacial score (nSPS) is 21.3. The standard InChI is InChI=1S/C22H35N2O6PS/c1-32-18-15-19(22(26)27)24(16-18)21(25)20(12-5-7-13-23)30-31(28,29)14-8-6-11-17-9-3-2-4-10-17/h2-4,9-10,18-20H,5-8,11-16,23H2,1H3,(H,26,27)(H,28,29)/t18-,19-,20-/m0/s1. The Labute approximate surface area is 194 Å². The third kappa shape index (κ3) is 8.52. The number of aliphatic carboxylic acids is 1. The highest BCUT2D eigenvalue weighted by molar-refractivity contribution is 7.99. The van der Waals surface area contributed by atoms with E-state index < -0.39 is 31.6 Å². The third-order valence-corrected chi connectivity index (χ3v) is 8.12. The molecule has 4 atom stereocenters. The van der Waals surface area contributed by atoms with Gasteiger partial charge in [-0.25, -0.2) is 4.79 Å². The number of aryl methyl sites for hydroxylation is 1. The number of nitrogens with zero attached hydrogens (tertiary/aromatic N) is 1. The van der Waals surface area contributed by atoms with E-state index in [-0.39, 0.29) is 17.8 Å². The fraction of sp³-hybridized carbons (Fsp3) is 0.636. The van der Waals surface area contributed by atoms with E-state index in [0.29, 0.717) is 38.8 Å². The number of likely N-dealkylation sites (tertiary alicyclic amines) is 1. The number of amides is 1. The number of unbranched alkanes of at least 4 members (excludes halogenated alkanes) is 2. The molecule has 8 nitrogen and oxygen atoms in total. The van der Waals surface area contributed by atoms with Gasteiger partial charge >= 0.3 is 13.6 Å². The van der Waals surface area contributed by atoms with E-state index in [9.17, 15) is 24.2 Å². The van der Waals surface area contributed by atoms with Crippen molar-refractivity contribution in [3.8, 4) is 0 Å². The lowest BCUT2D eigenvalue weighted by Crippen LogP contribution is -2.46. The number of carboxylic acids is 1. The molecule has 10 heteroatoms. The number of carboxylic acid groups (broad SMARTS) is 1. The highest BCUT2D eigenvalue weighted by Crippen LogP contribution is 2.45. The molecule has 1 amide bonds. The van der Waals surface area contributed by atoms with Gasteiger partial charge in [-0.3, -0.25) is 13.9 Å². The highest BCUT2D eigenvalue weighted by Gasteiger charge is 2.43. The van der Waals surface area contributed by atoms with Gasteiger partial charge in [0.15, 0.2) is 0 Å². The zero-order valence-electron chi connectivity index (χ0n) is 18.6. The van der Waals surface area contributed by atoms with Gasteiger partial charge in [0.2, 0.25) is 0 Å². The smallest absolute Gasteiger partial charge is 0.328 e. The summed E-state index contributed by atoms with van der Waals surface area (Å²) in [4.78, 5) is 36.6. The third-order valence-electron chi connectivity index (χ3n) is 5.65. The van der Waals surface area contributed by atoms with E-state index >= 15 is 0 Å². The summed E-state index contributed by atoms with van der Waals surface area (Å²) in [5.41, 5.74) is 6.71. The van der Waals surface area contributed by atoms with Crippen molar-refractivity contribution in [3.05, 3.63) is 35.9 Å². The first-order valence-electron chi connectivity index (χ1n) is 11.1. The Bertz CT molecular complexity index is 781. The van der Waals surface area contributed by atoms with Crippen molar-refractivity contribution in [2.75, 3.05) is 25.5 Å². The SMILES string of the molecule is CS[C@H]1C[C@@H](C(=O)O)N(C(=O)[C@H](CCCCN)OP(=O)(O)CCCCc2ccccc2)C1. The van der Waals surface area contributed by atoms with Crippen molar-refractivity contribution in [2.24, 2.45) is 5.73 Å². The molecular formula is C22H35N2O6PS. The molecule has 1 aromatic carbocycles. The Balaban J connectivity index is 1.99. The van der Waals surface area contributed by atoms with Gasteiger partial charge in [0.1, 0.15) is 12.1 Å². The molecule has 0 aromatic heterocycles. The van der Waals surface area contributed by atoms with Gasteiger partial charge in [0.05, 0.1) is 6.16 Å². The molecule has 2 rings (SSSR count). The summed E-state index contributed by atoms with van der Waals surface area (Å²) < 4.78 is 18.2. The quantitative estimate of drug-likeness (QED) is 0.270. The van der Waals surface area contributed by atoms with Crippen molar-refractivity contribution in [1.29, 1.82) is 0 Å². The fourth-order valence-corrected chi connectivity index (χ4v) is 5.87. The van der Waals surface area contributed by atoms with Gasteiger partial charge in [-0.15, -0.1) is 0 Å². The van der Waals surface area contributed by atoms with Crippen LogP contribution >= 0.6 is 19.4 Å². The molecule has 1 heterocycles. The number of hydrogen-bond acceptors (Lipinski definition) is 6. The van der Waals surface area contributed by atoms with Crippen LogP contribution < -0.4 is 5.73 Å². The van der Waals surface area contributed by atoms with Crippen molar-refractivity contribution < 1.29 is 28.7 Å². The number of hydrogen-bond donors (Lipinski definition) is 3. The van der Waals surface area contributed by atoms with E-state index in [1.807, 2.05) is 36.6 Å². The summed E-state index contributed by atoms with van der Waals surface area (Å²) in [6.07, 6.45) is 4.49. The van der Waals surface area contributed by atoms with E-state index in [2.05, 4.69) is 0 Å². The number of carbonyl (C=O) groups is 2. The molecule has 0 spiro atoms. The first kappa shape index (κ1) is 26.9. The molecule has 0 saturated carbocycles. The number of carbonyl (C=O) groups excluding carboxylic acids is 1. The molecule has 0 aliphatic carbocycles. The van der Waals surface area contributed by atoms with E-state index in [1.165, 1.54) is 16.7 Å². The number of benzene rings is 1. The van der Waals surface area contributed by atoms with Gasteiger partial charge in [0, 0.05) is 11.8 Å². The number of thioether (sulfide) groups is 1. The maximum absolute atomic E-state index is 13.2. The Morgan fingerprint density at radius 2 is 1.97 bits per heavy atom. The average Bonchev–Trinajstić information content (AvgIpc) is 3.21. The molecule has 4 N–H and O–H groups in total. The predicted molar refractivity (Wildman–Crippen MR) is 127 cm³/mol. The summed E-state index contributed by atoms with van der Waals surface area (Å²) in [6, 6.07) is 8.94. The Hall–Kier alpha value is -1.38. The zero-order chi connectivity index (χ0) is 23.6. The molecule has 1 saturated heterocycles. The molecule has 180 valence electrons. The molecule has 1 unspecified atom stereocenters. The number of rotatable bonds is 14. The fourth-order valence-electron chi connectivity index (χ4n) is 3.86. The number of nitrogens with two attached hydrogens (primary N) is 1. The summed E-state index contributed by atoms with van der Waals surface area (Å²) in [7, 11) is -4.01. The minimum Gasteiger partial charge on any atom is -0.480 e. The molecule has 1 aliphatic heterocycles. The molecule has 1 aromatic rings. The van der Waals surface area contributed by atoms with Gasteiger partial charge in [-0.1, -0.05) is 30.3 Å². The van der Waals surface area contributed by atoms with Crippen molar-refractivity contribution >= 4 is 31.2 Å². The van der Waals surface area contributed by atoms with Crippen LogP contribution in [0.25, 0.3) is 0 Å². The summed E-state index contributed by atoms with van der Waals surface area (Å²) in [5, 5.41) is 9.56. The van der Waals surface area contributed by atoms with Crippen molar-refractivity contribution in [1.82, 2.24) is 4.90 Å². The lowest BCUT2D eigenvalue weighted by atomic mass is 10.1. The summed E-state index contributed by atoms with van der Waals surface area (Å²) >= 11 is 1.51. The largest absolute Gasteiger partial charge is 0.480 e. The topological polar surface area (TPSA) is 130 Å². The van der Waals surface area contributed by atoms with E-state index in [4.69, 9.17) is 10.3 Å². The van der Waals surface area contributed by atoms with Crippen LogP contribution in [0.4, 0.5) is 0 Å². The maximum atomic E-state index is 13.2. The van der Waals surface area contributed by atoms with Crippen LogP contribution in [-0.2, 0) is 25.1 Å². The second-order valence-electron chi connectivity index (χ2n) is 8.12. The van der Waals surface area contributed by atoms with Crippen LogP contribution in [0, 0.1) is 0 Å². The van der Waals surface area contributed by atoms with Crippen LogP contribution in [0.15, 0.2) is 30.3 Å². The van der Waals surface area contributed by atoms with Gasteiger partial charge in [-0.05, 0) is 63.3 Å². The molecule has 1 fully saturated rings. The Morgan fingerprint density at radius 1 is 1.25 bits per heavy atom. The van der Waals surface area contributed by atoms with Crippen LogP contribution in [0.2, 0.25) is 0 Å². The predicted octanol–water partition coefficient (Wildman–Crippen LogP) is 3.13. The molecule has 32 heavy (non-hydrogen) atoms. The highest BCUT2D eigenvalue weighted by atomic mass is 32.2. The van der Waals surface area contributed by atoms with Gasteiger partial charge in [0.25, 0.3) is 5.91 Å². The van der Waals surface area contributed by atoms with Crippen molar-refractivity contribution in [2.45, 2.75) is 62.3 Å². The van der Waals surface area contributed by atoms with E-state index in [0.717, 1.165) is 18.4 Å². The van der Waals surface area contributed by atoms with Crippen LogP contribution in [0.3, 0.4) is 0 Å². The minimum absolute atomic E-state index is 0.0173. The van der Waals surface area contributed by atoms with E-state index in [1.54, 1.807) is 0 Å². The van der Waals surface area contributed by atoms with Crippen LogP contribution in [0.1, 0.15) is 44.1 Å². The minimum atomic E-state index is -4.01. The maximum Gasteiger partial charge on any atom is 0.328 e. The lowest BCUT2D eigenvalue weighted by Gasteiger charge is -2.28. The monoisotopic (exact) mass is 486 g/mol. The zero-order valence-corrected chi connectivity index (χ0v) is 20.3. The van der Waals surface area contributed by atoms with Gasteiger partial charge in [-0.2, -0.15) is 11.8 Å². The van der Waals surface area contributed by atoms with Gasteiger partial charge < -0.3 is 20.6 Å². The second kappa shape index (κ2) is 13.4. The average molecular weight is 487 g/mol.